The van der Waals surface area contributed by atoms with Gasteiger partial charge in [-0.2, -0.15) is 0 Å². The summed E-state index contributed by atoms with van der Waals surface area (Å²) < 4.78 is 11.9. The van der Waals surface area contributed by atoms with Crippen molar-refractivity contribution in [3.8, 4) is 5.88 Å². The number of likely N-dealkylation sites (tertiary alicyclic amines) is 1. The van der Waals surface area contributed by atoms with Crippen LogP contribution in [0.15, 0.2) is 41.9 Å². The molecular weight excluding hydrogens is 312 g/mol. The average Bonchev–Trinajstić information content (AvgIpc) is 3.31. The SMILES string of the molecule is O=C(c1cccs1)N1CC[C@]2(C[C@@H](Oc3ccccn3)CO2)C1. The second-order valence-electron chi connectivity index (χ2n) is 6.06. The Kier molecular flexibility index (Phi) is 3.79. The van der Waals surface area contributed by atoms with Crippen molar-refractivity contribution >= 4 is 17.2 Å². The molecule has 6 heteroatoms. The molecule has 0 saturated carbocycles. The Morgan fingerprint density at radius 1 is 1.39 bits per heavy atom. The summed E-state index contributed by atoms with van der Waals surface area (Å²) >= 11 is 1.49. The summed E-state index contributed by atoms with van der Waals surface area (Å²) in [5.41, 5.74) is -0.258. The van der Waals surface area contributed by atoms with Crippen LogP contribution in [-0.2, 0) is 4.74 Å². The van der Waals surface area contributed by atoms with Gasteiger partial charge in [0.25, 0.3) is 5.91 Å². The van der Waals surface area contributed by atoms with Gasteiger partial charge in [0.2, 0.25) is 5.88 Å². The largest absolute Gasteiger partial charge is 0.472 e. The minimum atomic E-state index is -0.258. The molecule has 2 aliphatic rings. The van der Waals surface area contributed by atoms with Crippen molar-refractivity contribution in [3.63, 3.8) is 0 Å². The first-order valence-corrected chi connectivity index (χ1v) is 8.67. The molecule has 2 aromatic rings. The van der Waals surface area contributed by atoms with Crippen LogP contribution in [0.3, 0.4) is 0 Å². The molecule has 0 aliphatic carbocycles. The third-order valence-corrected chi connectivity index (χ3v) is 5.29. The number of amides is 1. The van der Waals surface area contributed by atoms with E-state index in [0.29, 0.717) is 19.0 Å². The molecule has 2 saturated heterocycles. The average molecular weight is 330 g/mol. The van der Waals surface area contributed by atoms with Gasteiger partial charge in [-0.1, -0.05) is 12.1 Å². The fraction of sp³-hybridized carbons (Fsp3) is 0.412. The van der Waals surface area contributed by atoms with Gasteiger partial charge in [0.15, 0.2) is 0 Å². The summed E-state index contributed by atoms with van der Waals surface area (Å²) in [6.45, 7) is 1.94. The monoisotopic (exact) mass is 330 g/mol. The van der Waals surface area contributed by atoms with Gasteiger partial charge in [-0.25, -0.2) is 4.98 Å². The predicted molar refractivity (Wildman–Crippen MR) is 86.8 cm³/mol. The third-order valence-electron chi connectivity index (χ3n) is 4.44. The Bertz CT molecular complexity index is 676. The van der Waals surface area contributed by atoms with E-state index in [1.807, 2.05) is 40.6 Å². The van der Waals surface area contributed by atoms with Crippen LogP contribution in [0.5, 0.6) is 5.88 Å². The lowest BCUT2D eigenvalue weighted by molar-refractivity contribution is 0.00990. The van der Waals surface area contributed by atoms with Crippen molar-refractivity contribution < 1.29 is 14.3 Å². The Morgan fingerprint density at radius 2 is 2.35 bits per heavy atom. The molecule has 2 aliphatic heterocycles. The summed E-state index contributed by atoms with van der Waals surface area (Å²) in [6.07, 6.45) is 3.39. The molecule has 1 amide bonds. The van der Waals surface area contributed by atoms with E-state index in [-0.39, 0.29) is 17.6 Å². The molecule has 0 N–H and O–H groups in total. The fourth-order valence-corrected chi connectivity index (χ4v) is 4.02. The summed E-state index contributed by atoms with van der Waals surface area (Å²) in [5, 5.41) is 1.93. The van der Waals surface area contributed by atoms with Crippen molar-refractivity contribution in [2.45, 2.75) is 24.5 Å². The van der Waals surface area contributed by atoms with E-state index in [1.165, 1.54) is 11.3 Å². The minimum absolute atomic E-state index is 0.00156. The maximum atomic E-state index is 12.5. The first-order chi connectivity index (χ1) is 11.2. The molecule has 2 atom stereocenters. The zero-order valence-electron chi connectivity index (χ0n) is 12.7. The highest BCUT2D eigenvalue weighted by Crippen LogP contribution is 2.37. The first-order valence-electron chi connectivity index (χ1n) is 7.79. The highest BCUT2D eigenvalue weighted by atomic mass is 32.1. The predicted octanol–water partition coefficient (Wildman–Crippen LogP) is 2.60. The van der Waals surface area contributed by atoms with E-state index in [4.69, 9.17) is 9.47 Å². The van der Waals surface area contributed by atoms with Crippen molar-refractivity contribution in [2.75, 3.05) is 19.7 Å². The van der Waals surface area contributed by atoms with Gasteiger partial charge in [-0.15, -0.1) is 11.3 Å². The van der Waals surface area contributed by atoms with Crippen molar-refractivity contribution in [1.82, 2.24) is 9.88 Å². The summed E-state index contributed by atoms with van der Waals surface area (Å²) in [4.78, 5) is 19.3. The van der Waals surface area contributed by atoms with Crippen LogP contribution < -0.4 is 4.74 Å². The first kappa shape index (κ1) is 14.7. The van der Waals surface area contributed by atoms with E-state index in [9.17, 15) is 4.79 Å². The number of rotatable bonds is 3. The van der Waals surface area contributed by atoms with Crippen LogP contribution in [-0.4, -0.2) is 47.2 Å². The molecule has 2 fully saturated rings. The number of aromatic nitrogens is 1. The van der Waals surface area contributed by atoms with Crippen LogP contribution in [0.2, 0.25) is 0 Å². The second kappa shape index (κ2) is 5.94. The Morgan fingerprint density at radius 3 is 3.13 bits per heavy atom. The quantitative estimate of drug-likeness (QED) is 0.868. The minimum Gasteiger partial charge on any atom is -0.472 e. The number of thiophene rings is 1. The zero-order chi connectivity index (χ0) is 15.7. The van der Waals surface area contributed by atoms with E-state index in [1.54, 1.807) is 6.20 Å². The summed E-state index contributed by atoms with van der Waals surface area (Å²) in [7, 11) is 0. The molecule has 1 spiro atoms. The van der Waals surface area contributed by atoms with Crippen molar-refractivity contribution in [3.05, 3.63) is 46.8 Å². The normalized spacial score (nSPS) is 26.8. The smallest absolute Gasteiger partial charge is 0.264 e. The van der Waals surface area contributed by atoms with E-state index in [2.05, 4.69) is 4.98 Å². The highest BCUT2D eigenvalue weighted by molar-refractivity contribution is 7.12. The van der Waals surface area contributed by atoms with Crippen molar-refractivity contribution in [2.24, 2.45) is 0 Å². The summed E-state index contributed by atoms with van der Waals surface area (Å²) in [5.74, 6) is 0.734. The molecular formula is C17H18N2O3S. The topological polar surface area (TPSA) is 51.7 Å². The van der Waals surface area contributed by atoms with Crippen LogP contribution in [0.1, 0.15) is 22.5 Å². The second-order valence-corrected chi connectivity index (χ2v) is 7.01. The molecule has 120 valence electrons. The van der Waals surface area contributed by atoms with E-state index in [0.717, 1.165) is 24.3 Å². The van der Waals surface area contributed by atoms with Gasteiger partial charge in [0.05, 0.1) is 23.6 Å². The molecule has 0 unspecified atom stereocenters. The number of carbonyl (C=O) groups is 1. The van der Waals surface area contributed by atoms with Gasteiger partial charge in [-0.05, 0) is 23.9 Å². The van der Waals surface area contributed by atoms with Gasteiger partial charge in [-0.3, -0.25) is 4.79 Å². The van der Waals surface area contributed by atoms with Gasteiger partial charge in [0, 0.05) is 25.2 Å². The number of carbonyl (C=O) groups excluding carboxylic acids is 1. The summed E-state index contributed by atoms with van der Waals surface area (Å²) in [6, 6.07) is 9.41. The molecule has 0 aromatic carbocycles. The van der Waals surface area contributed by atoms with Gasteiger partial charge >= 0.3 is 0 Å². The molecule has 23 heavy (non-hydrogen) atoms. The Balaban J connectivity index is 1.38. The molecule has 2 aromatic heterocycles. The standard InChI is InChI=1S/C17H18N2O3S/c20-16(14-4-3-9-23-14)19-8-6-17(12-19)10-13(11-21-17)22-15-5-1-2-7-18-15/h1-5,7,9,13H,6,8,10-12H2/t13-,17+/m1/s1. The lowest BCUT2D eigenvalue weighted by Crippen LogP contribution is -2.36. The van der Waals surface area contributed by atoms with Crippen LogP contribution in [0.25, 0.3) is 0 Å². The van der Waals surface area contributed by atoms with Gasteiger partial charge < -0.3 is 14.4 Å². The fourth-order valence-electron chi connectivity index (χ4n) is 3.32. The molecule has 4 rings (SSSR count). The molecule has 4 heterocycles. The Hall–Kier alpha value is -1.92. The van der Waals surface area contributed by atoms with Crippen LogP contribution in [0, 0.1) is 0 Å². The van der Waals surface area contributed by atoms with Crippen molar-refractivity contribution in [1.29, 1.82) is 0 Å². The van der Waals surface area contributed by atoms with Gasteiger partial charge in [0.1, 0.15) is 6.10 Å². The van der Waals surface area contributed by atoms with E-state index < -0.39 is 0 Å². The maximum Gasteiger partial charge on any atom is 0.264 e. The number of ether oxygens (including phenoxy) is 2. The Labute approximate surface area is 138 Å². The zero-order valence-corrected chi connectivity index (χ0v) is 13.5. The molecule has 5 nitrogen and oxygen atoms in total. The lowest BCUT2D eigenvalue weighted by atomic mass is 9.98. The van der Waals surface area contributed by atoms with Crippen LogP contribution in [0.4, 0.5) is 0 Å². The molecule has 0 bridgehead atoms. The third kappa shape index (κ3) is 2.96. The highest BCUT2D eigenvalue weighted by Gasteiger charge is 2.47. The molecule has 0 radical (unpaired) electrons. The maximum absolute atomic E-state index is 12.5. The number of hydrogen-bond donors (Lipinski definition) is 0. The van der Waals surface area contributed by atoms with E-state index >= 15 is 0 Å². The number of hydrogen-bond acceptors (Lipinski definition) is 5. The van der Waals surface area contributed by atoms with Crippen LogP contribution >= 0.6 is 11.3 Å². The number of nitrogens with zero attached hydrogens (tertiary/aromatic N) is 2. The lowest BCUT2D eigenvalue weighted by Gasteiger charge is -2.23. The number of pyridine rings is 1.